The van der Waals surface area contributed by atoms with Crippen molar-refractivity contribution in [1.29, 1.82) is 0 Å². The van der Waals surface area contributed by atoms with Crippen LogP contribution >= 0.6 is 34.8 Å². The molecule has 4 nitrogen and oxygen atoms in total. The second-order valence-electron chi connectivity index (χ2n) is 3.66. The molecule has 0 aliphatic heterocycles. The molecule has 106 valence electrons. The number of nitrogens with zero attached hydrogens (tertiary/aromatic N) is 1. The number of sulfonamides is 1. The summed E-state index contributed by atoms with van der Waals surface area (Å²) in [6.07, 6.45) is 2.43. The first-order valence-electron chi connectivity index (χ1n) is 5.08. The van der Waals surface area contributed by atoms with Crippen molar-refractivity contribution in [3.8, 4) is 0 Å². The average Bonchev–Trinajstić information content (AvgIpc) is 2.34. The van der Waals surface area contributed by atoms with Crippen LogP contribution in [0.3, 0.4) is 0 Å². The zero-order valence-electron chi connectivity index (χ0n) is 9.57. The van der Waals surface area contributed by atoms with Gasteiger partial charge < -0.3 is 0 Å². The molecular formula is C11H6Cl3FN2O2S. The third-order valence-corrected chi connectivity index (χ3v) is 4.68. The number of hydrogen-bond donors (Lipinski definition) is 1. The van der Waals surface area contributed by atoms with E-state index in [2.05, 4.69) is 9.71 Å². The first-order valence-corrected chi connectivity index (χ1v) is 7.70. The average molecular weight is 356 g/mol. The van der Waals surface area contributed by atoms with Crippen LogP contribution in [0.15, 0.2) is 35.5 Å². The van der Waals surface area contributed by atoms with Gasteiger partial charge in [0.2, 0.25) is 0 Å². The van der Waals surface area contributed by atoms with E-state index in [1.54, 1.807) is 0 Å². The standard InChI is InChI=1S/C11H6Cl3FN2O2S/c12-7-1-2-16-5-10(7)20(18,19)17-11-8(13)3-6(15)4-9(11)14/h1-5,17H. The first-order chi connectivity index (χ1) is 9.31. The summed E-state index contributed by atoms with van der Waals surface area (Å²) < 4.78 is 39.5. The lowest BCUT2D eigenvalue weighted by molar-refractivity contribution is 0.600. The van der Waals surface area contributed by atoms with Gasteiger partial charge in [0.15, 0.2) is 0 Å². The van der Waals surface area contributed by atoms with Crippen molar-refractivity contribution in [3.05, 3.63) is 51.5 Å². The molecule has 0 aliphatic rings. The van der Waals surface area contributed by atoms with E-state index in [1.165, 1.54) is 12.3 Å². The molecule has 1 N–H and O–H groups in total. The summed E-state index contributed by atoms with van der Waals surface area (Å²) in [5, 5.41) is -0.348. The summed E-state index contributed by atoms with van der Waals surface area (Å²) in [5.74, 6) is -0.678. The van der Waals surface area contributed by atoms with E-state index in [4.69, 9.17) is 34.8 Å². The Hall–Kier alpha value is -1.08. The lowest BCUT2D eigenvalue weighted by atomic mass is 10.3. The van der Waals surface area contributed by atoms with Crippen LogP contribution in [0.1, 0.15) is 0 Å². The third-order valence-electron chi connectivity index (χ3n) is 2.27. The fraction of sp³-hybridized carbons (Fsp3) is 0. The normalized spacial score (nSPS) is 11.4. The van der Waals surface area contributed by atoms with E-state index < -0.39 is 15.8 Å². The number of benzene rings is 1. The molecule has 0 unspecified atom stereocenters. The first kappa shape index (κ1) is 15.3. The summed E-state index contributed by atoms with van der Waals surface area (Å²) >= 11 is 17.3. The highest BCUT2D eigenvalue weighted by Gasteiger charge is 2.21. The van der Waals surface area contributed by atoms with Crippen LogP contribution in [0.4, 0.5) is 10.1 Å². The van der Waals surface area contributed by atoms with Gasteiger partial charge in [-0.25, -0.2) is 12.8 Å². The maximum Gasteiger partial charge on any atom is 0.265 e. The van der Waals surface area contributed by atoms with Crippen LogP contribution in [-0.4, -0.2) is 13.4 Å². The molecule has 1 heterocycles. The second-order valence-corrected chi connectivity index (χ2v) is 6.53. The minimum absolute atomic E-state index is 0.0122. The van der Waals surface area contributed by atoms with Crippen molar-refractivity contribution in [2.24, 2.45) is 0 Å². The van der Waals surface area contributed by atoms with Crippen molar-refractivity contribution in [2.75, 3.05) is 4.72 Å². The molecule has 9 heteroatoms. The largest absolute Gasteiger partial charge is 0.276 e. The summed E-state index contributed by atoms with van der Waals surface area (Å²) in [6.45, 7) is 0. The fourth-order valence-corrected chi connectivity index (χ4v) is 3.59. The Balaban J connectivity index is 2.47. The Morgan fingerprint density at radius 3 is 2.25 bits per heavy atom. The molecule has 1 aromatic carbocycles. The van der Waals surface area contributed by atoms with Gasteiger partial charge in [-0.15, -0.1) is 0 Å². The van der Waals surface area contributed by atoms with E-state index in [0.29, 0.717) is 0 Å². The molecule has 0 aliphatic carbocycles. The van der Waals surface area contributed by atoms with Crippen LogP contribution in [0.2, 0.25) is 15.1 Å². The Morgan fingerprint density at radius 2 is 1.70 bits per heavy atom. The molecule has 2 rings (SSSR count). The SMILES string of the molecule is O=S(=O)(Nc1c(Cl)cc(F)cc1Cl)c1cnccc1Cl. The number of nitrogens with one attached hydrogen (secondary N) is 1. The summed E-state index contributed by atoms with van der Waals surface area (Å²) in [5.41, 5.74) is -0.130. The van der Waals surface area contributed by atoms with Gasteiger partial charge in [0.05, 0.1) is 20.8 Å². The van der Waals surface area contributed by atoms with Crippen LogP contribution in [0.5, 0.6) is 0 Å². The van der Waals surface area contributed by atoms with Crippen molar-refractivity contribution in [2.45, 2.75) is 4.90 Å². The summed E-state index contributed by atoms with van der Waals surface area (Å²) in [6, 6.07) is 3.20. The number of rotatable bonds is 3. The Bertz CT molecular complexity index is 745. The van der Waals surface area contributed by atoms with Gasteiger partial charge in [-0.2, -0.15) is 0 Å². The maximum atomic E-state index is 13.1. The number of pyridine rings is 1. The molecular weight excluding hydrogens is 350 g/mol. The minimum Gasteiger partial charge on any atom is -0.276 e. The van der Waals surface area contributed by atoms with Gasteiger partial charge >= 0.3 is 0 Å². The predicted octanol–water partition coefficient (Wildman–Crippen LogP) is 3.98. The van der Waals surface area contributed by atoms with Crippen LogP contribution < -0.4 is 4.72 Å². The van der Waals surface area contributed by atoms with E-state index in [0.717, 1.165) is 18.3 Å². The van der Waals surface area contributed by atoms with Crippen LogP contribution in [0.25, 0.3) is 0 Å². The Morgan fingerprint density at radius 1 is 1.10 bits per heavy atom. The number of hydrogen-bond acceptors (Lipinski definition) is 3. The van der Waals surface area contributed by atoms with Gasteiger partial charge in [-0.05, 0) is 18.2 Å². The third kappa shape index (κ3) is 3.15. The molecule has 0 radical (unpaired) electrons. The van der Waals surface area contributed by atoms with Crippen LogP contribution in [-0.2, 0) is 10.0 Å². The molecule has 0 saturated carbocycles. The lowest BCUT2D eigenvalue weighted by Gasteiger charge is -2.12. The number of anilines is 1. The predicted molar refractivity (Wildman–Crippen MR) is 76.5 cm³/mol. The van der Waals surface area contributed by atoms with E-state index >= 15 is 0 Å². The molecule has 0 spiro atoms. The monoisotopic (exact) mass is 354 g/mol. The molecule has 0 atom stereocenters. The second kappa shape index (κ2) is 5.73. The molecule has 20 heavy (non-hydrogen) atoms. The summed E-state index contributed by atoms with van der Waals surface area (Å²) in [4.78, 5) is 3.44. The highest BCUT2D eigenvalue weighted by molar-refractivity contribution is 7.92. The topological polar surface area (TPSA) is 59.1 Å². The smallest absolute Gasteiger partial charge is 0.265 e. The zero-order valence-corrected chi connectivity index (χ0v) is 12.7. The van der Waals surface area contributed by atoms with E-state index in [9.17, 15) is 12.8 Å². The van der Waals surface area contributed by atoms with Crippen molar-refractivity contribution in [1.82, 2.24) is 4.98 Å². The number of aromatic nitrogens is 1. The van der Waals surface area contributed by atoms with Gasteiger partial charge in [0.25, 0.3) is 10.0 Å². The van der Waals surface area contributed by atoms with E-state index in [1.807, 2.05) is 0 Å². The molecule has 2 aromatic rings. The maximum absolute atomic E-state index is 13.1. The fourth-order valence-electron chi connectivity index (χ4n) is 1.39. The highest BCUT2D eigenvalue weighted by Crippen LogP contribution is 2.33. The lowest BCUT2D eigenvalue weighted by Crippen LogP contribution is -2.14. The number of halogens is 4. The van der Waals surface area contributed by atoms with Crippen molar-refractivity contribution >= 4 is 50.5 Å². The molecule has 0 bridgehead atoms. The molecule has 0 saturated heterocycles. The quantitative estimate of drug-likeness (QED) is 0.906. The molecule has 0 fully saturated rings. The van der Waals surface area contributed by atoms with Crippen LogP contribution in [0, 0.1) is 5.82 Å². The summed E-state index contributed by atoms with van der Waals surface area (Å²) in [7, 11) is -4.04. The van der Waals surface area contributed by atoms with Gasteiger partial charge in [-0.3, -0.25) is 9.71 Å². The Kier molecular flexibility index (Phi) is 4.39. The zero-order chi connectivity index (χ0) is 14.9. The van der Waals surface area contributed by atoms with Gasteiger partial charge in [-0.1, -0.05) is 34.8 Å². The van der Waals surface area contributed by atoms with Gasteiger partial charge in [0.1, 0.15) is 10.7 Å². The van der Waals surface area contributed by atoms with E-state index in [-0.39, 0.29) is 25.7 Å². The van der Waals surface area contributed by atoms with Crippen molar-refractivity contribution in [3.63, 3.8) is 0 Å². The van der Waals surface area contributed by atoms with Gasteiger partial charge in [0, 0.05) is 12.4 Å². The van der Waals surface area contributed by atoms with Crippen molar-refractivity contribution < 1.29 is 12.8 Å². The minimum atomic E-state index is -4.04. The molecule has 0 amide bonds. The molecule has 1 aromatic heterocycles. The highest BCUT2D eigenvalue weighted by atomic mass is 35.5. The Labute approximate surface area is 129 Å².